The molecule has 3 nitrogen and oxygen atoms in total. The molecule has 2 aromatic rings. The maximum Gasteiger partial charge on any atom is 0.244 e. The molecule has 1 amide bonds. The van der Waals surface area contributed by atoms with Crippen LogP contribution in [0.3, 0.4) is 0 Å². The molecule has 3 heteroatoms. The molecule has 1 atom stereocenters. The lowest BCUT2D eigenvalue weighted by molar-refractivity contribution is -0.116. The minimum absolute atomic E-state index is 0.0987. The van der Waals surface area contributed by atoms with Crippen molar-refractivity contribution in [3.63, 3.8) is 0 Å². The molecule has 0 spiro atoms. The predicted octanol–water partition coefficient (Wildman–Crippen LogP) is 3.91. The SMILES string of the molecule is CCC(CNC(=O)/C=C/c1ccc(C)o1)c1ccccc1. The summed E-state index contributed by atoms with van der Waals surface area (Å²) in [6, 6.07) is 14.0. The number of amides is 1. The van der Waals surface area contributed by atoms with Crippen molar-refractivity contribution in [1.29, 1.82) is 0 Å². The van der Waals surface area contributed by atoms with Gasteiger partial charge in [0.25, 0.3) is 0 Å². The fourth-order valence-corrected chi connectivity index (χ4v) is 2.21. The minimum Gasteiger partial charge on any atom is -0.462 e. The van der Waals surface area contributed by atoms with Gasteiger partial charge in [-0.2, -0.15) is 0 Å². The Hall–Kier alpha value is -2.29. The van der Waals surface area contributed by atoms with Gasteiger partial charge in [-0.25, -0.2) is 0 Å². The van der Waals surface area contributed by atoms with E-state index in [-0.39, 0.29) is 5.91 Å². The first kappa shape index (κ1) is 15.1. The second-order valence-corrected chi connectivity index (χ2v) is 5.04. The molecule has 0 radical (unpaired) electrons. The average molecular weight is 283 g/mol. The van der Waals surface area contributed by atoms with Crippen LogP contribution >= 0.6 is 0 Å². The molecule has 1 heterocycles. The monoisotopic (exact) mass is 283 g/mol. The maximum absolute atomic E-state index is 11.8. The van der Waals surface area contributed by atoms with Crippen LogP contribution in [-0.2, 0) is 4.79 Å². The number of hydrogen-bond donors (Lipinski definition) is 1. The summed E-state index contributed by atoms with van der Waals surface area (Å²) in [5.74, 6) is 1.77. The van der Waals surface area contributed by atoms with Gasteiger partial charge in [0.1, 0.15) is 11.5 Å². The van der Waals surface area contributed by atoms with Gasteiger partial charge in [-0.15, -0.1) is 0 Å². The van der Waals surface area contributed by atoms with Crippen LogP contribution in [0.2, 0.25) is 0 Å². The fraction of sp³-hybridized carbons (Fsp3) is 0.278. The van der Waals surface area contributed by atoms with Crippen molar-refractivity contribution in [3.05, 3.63) is 65.6 Å². The molecule has 21 heavy (non-hydrogen) atoms. The van der Waals surface area contributed by atoms with E-state index in [9.17, 15) is 4.79 Å². The Kier molecular flexibility index (Phi) is 5.38. The summed E-state index contributed by atoms with van der Waals surface area (Å²) in [4.78, 5) is 11.8. The lowest BCUT2D eigenvalue weighted by Crippen LogP contribution is -2.26. The number of rotatable bonds is 6. The Morgan fingerprint density at radius 3 is 2.62 bits per heavy atom. The summed E-state index contributed by atoms with van der Waals surface area (Å²) >= 11 is 0. The molecule has 2 rings (SSSR count). The molecular weight excluding hydrogens is 262 g/mol. The zero-order valence-corrected chi connectivity index (χ0v) is 12.5. The van der Waals surface area contributed by atoms with E-state index in [0.29, 0.717) is 18.2 Å². The number of benzene rings is 1. The van der Waals surface area contributed by atoms with Crippen molar-refractivity contribution < 1.29 is 9.21 Å². The third-order valence-electron chi connectivity index (χ3n) is 3.45. The van der Waals surface area contributed by atoms with E-state index in [0.717, 1.165) is 12.2 Å². The molecule has 1 aromatic carbocycles. The van der Waals surface area contributed by atoms with E-state index in [1.807, 2.05) is 37.3 Å². The molecule has 0 saturated carbocycles. The van der Waals surface area contributed by atoms with E-state index < -0.39 is 0 Å². The number of carbonyl (C=O) groups excluding carboxylic acids is 1. The highest BCUT2D eigenvalue weighted by Crippen LogP contribution is 2.17. The van der Waals surface area contributed by atoms with Crippen LogP contribution in [0.5, 0.6) is 0 Å². The van der Waals surface area contributed by atoms with Crippen molar-refractivity contribution >= 4 is 12.0 Å². The smallest absolute Gasteiger partial charge is 0.244 e. The van der Waals surface area contributed by atoms with Crippen LogP contribution in [0, 0.1) is 6.92 Å². The van der Waals surface area contributed by atoms with Crippen molar-refractivity contribution in [2.45, 2.75) is 26.2 Å². The molecular formula is C18H21NO2. The molecule has 110 valence electrons. The number of nitrogens with one attached hydrogen (secondary N) is 1. The maximum atomic E-state index is 11.8. The number of aryl methyl sites for hydroxylation is 1. The Labute approximate surface area is 125 Å². The molecule has 1 unspecified atom stereocenters. The molecule has 0 saturated heterocycles. The quantitative estimate of drug-likeness (QED) is 0.817. The molecule has 0 aliphatic heterocycles. The fourth-order valence-electron chi connectivity index (χ4n) is 2.21. The van der Waals surface area contributed by atoms with E-state index in [2.05, 4.69) is 24.4 Å². The van der Waals surface area contributed by atoms with Gasteiger partial charge < -0.3 is 9.73 Å². The lowest BCUT2D eigenvalue weighted by Gasteiger charge is -2.15. The topological polar surface area (TPSA) is 42.2 Å². The van der Waals surface area contributed by atoms with Crippen molar-refractivity contribution in [3.8, 4) is 0 Å². The van der Waals surface area contributed by atoms with Crippen LogP contribution in [0.1, 0.15) is 36.3 Å². The molecule has 0 aliphatic carbocycles. The van der Waals surface area contributed by atoms with Gasteiger partial charge in [0.15, 0.2) is 0 Å². The highest BCUT2D eigenvalue weighted by Gasteiger charge is 2.09. The Bertz CT molecular complexity index is 599. The standard InChI is InChI=1S/C18H21NO2/c1-3-15(16-7-5-4-6-8-16)13-19-18(20)12-11-17-10-9-14(2)21-17/h4-12,15H,3,13H2,1-2H3,(H,19,20)/b12-11+. The predicted molar refractivity (Wildman–Crippen MR) is 85.0 cm³/mol. The summed E-state index contributed by atoms with van der Waals surface area (Å²) in [7, 11) is 0. The minimum atomic E-state index is -0.0987. The molecule has 1 aromatic heterocycles. The molecule has 1 N–H and O–H groups in total. The van der Waals surface area contributed by atoms with Gasteiger partial charge in [0, 0.05) is 18.5 Å². The van der Waals surface area contributed by atoms with Crippen LogP contribution in [-0.4, -0.2) is 12.5 Å². The van der Waals surface area contributed by atoms with Crippen LogP contribution in [0.25, 0.3) is 6.08 Å². The van der Waals surface area contributed by atoms with E-state index in [1.54, 1.807) is 6.08 Å². The van der Waals surface area contributed by atoms with Gasteiger partial charge in [-0.3, -0.25) is 4.79 Å². The summed E-state index contributed by atoms with van der Waals surface area (Å²) in [6.45, 7) is 4.65. The van der Waals surface area contributed by atoms with Crippen molar-refractivity contribution in [2.24, 2.45) is 0 Å². The van der Waals surface area contributed by atoms with Gasteiger partial charge in [-0.1, -0.05) is 37.3 Å². The summed E-state index contributed by atoms with van der Waals surface area (Å²) in [5, 5.41) is 2.94. The number of furan rings is 1. The normalized spacial score (nSPS) is 12.5. The number of hydrogen-bond acceptors (Lipinski definition) is 2. The van der Waals surface area contributed by atoms with Gasteiger partial charge in [0.05, 0.1) is 0 Å². The van der Waals surface area contributed by atoms with E-state index >= 15 is 0 Å². The third kappa shape index (κ3) is 4.63. The first-order chi connectivity index (χ1) is 10.2. The Balaban J connectivity index is 1.86. The average Bonchev–Trinajstić information content (AvgIpc) is 2.92. The Morgan fingerprint density at radius 2 is 2.00 bits per heavy atom. The summed E-state index contributed by atoms with van der Waals surface area (Å²) < 4.78 is 5.38. The van der Waals surface area contributed by atoms with Crippen LogP contribution < -0.4 is 5.32 Å². The number of carbonyl (C=O) groups is 1. The second kappa shape index (κ2) is 7.48. The van der Waals surface area contributed by atoms with Gasteiger partial charge in [-0.05, 0) is 37.1 Å². The molecule has 0 fully saturated rings. The van der Waals surface area contributed by atoms with E-state index in [4.69, 9.17) is 4.42 Å². The van der Waals surface area contributed by atoms with Crippen molar-refractivity contribution in [1.82, 2.24) is 5.32 Å². The highest BCUT2D eigenvalue weighted by atomic mass is 16.3. The highest BCUT2D eigenvalue weighted by molar-refractivity contribution is 5.91. The van der Waals surface area contributed by atoms with E-state index in [1.165, 1.54) is 11.6 Å². The van der Waals surface area contributed by atoms with Crippen LogP contribution in [0.4, 0.5) is 0 Å². The zero-order chi connectivity index (χ0) is 15.1. The molecule has 0 aliphatic rings. The second-order valence-electron chi connectivity index (χ2n) is 5.04. The van der Waals surface area contributed by atoms with Crippen LogP contribution in [0.15, 0.2) is 53.0 Å². The lowest BCUT2D eigenvalue weighted by atomic mass is 9.96. The summed E-state index contributed by atoms with van der Waals surface area (Å²) in [6.07, 6.45) is 4.19. The zero-order valence-electron chi connectivity index (χ0n) is 12.5. The molecule has 0 bridgehead atoms. The first-order valence-electron chi connectivity index (χ1n) is 7.26. The van der Waals surface area contributed by atoms with Gasteiger partial charge in [0.2, 0.25) is 5.91 Å². The first-order valence-corrected chi connectivity index (χ1v) is 7.26. The van der Waals surface area contributed by atoms with Gasteiger partial charge >= 0.3 is 0 Å². The largest absolute Gasteiger partial charge is 0.462 e. The Morgan fingerprint density at radius 1 is 1.24 bits per heavy atom. The van der Waals surface area contributed by atoms with Crippen molar-refractivity contribution in [2.75, 3.05) is 6.54 Å². The summed E-state index contributed by atoms with van der Waals surface area (Å²) in [5.41, 5.74) is 1.26. The third-order valence-corrected chi connectivity index (χ3v) is 3.45.